The van der Waals surface area contributed by atoms with Crippen LogP contribution < -0.4 is 0 Å². The Labute approximate surface area is 215 Å². The summed E-state index contributed by atoms with van der Waals surface area (Å²) in [7, 11) is 0. The van der Waals surface area contributed by atoms with Crippen molar-refractivity contribution >= 4 is 50.4 Å². The van der Waals surface area contributed by atoms with Gasteiger partial charge in [0.15, 0.2) is 0 Å². The van der Waals surface area contributed by atoms with Gasteiger partial charge in [-0.25, -0.2) is 4.79 Å². The summed E-state index contributed by atoms with van der Waals surface area (Å²) in [4.78, 5) is 13.4. The molecule has 0 amide bonds. The minimum absolute atomic E-state index is 0.0120. The third kappa shape index (κ3) is 3.35. The van der Waals surface area contributed by atoms with Crippen LogP contribution in [0.4, 0.5) is 0 Å². The maximum Gasteiger partial charge on any atom is 0.338 e. The summed E-state index contributed by atoms with van der Waals surface area (Å²) in [5, 5.41) is 37.4. The molecule has 0 saturated heterocycles. The van der Waals surface area contributed by atoms with Gasteiger partial charge in [-0.1, -0.05) is 51.1 Å². The van der Waals surface area contributed by atoms with Crippen molar-refractivity contribution in [2.45, 2.75) is 46.1 Å². The Bertz CT molecular complexity index is 1690. The third-order valence-corrected chi connectivity index (χ3v) is 9.20. The highest BCUT2D eigenvalue weighted by Gasteiger charge is 2.62. The van der Waals surface area contributed by atoms with Crippen LogP contribution in [-0.2, 0) is 4.74 Å². The minimum Gasteiger partial charge on any atom is -0.458 e. The summed E-state index contributed by atoms with van der Waals surface area (Å²) in [6.45, 7) is 6.75. The van der Waals surface area contributed by atoms with Gasteiger partial charge in [0, 0.05) is 16.5 Å². The van der Waals surface area contributed by atoms with Crippen molar-refractivity contribution in [2.24, 2.45) is 16.7 Å². The summed E-state index contributed by atoms with van der Waals surface area (Å²) in [5.74, 6) is 4.56. The molecular formula is C31H26N4O2. The number of carbonyl (C=O) groups is 1. The molecule has 3 atom stereocenters. The molecule has 3 aromatic rings. The van der Waals surface area contributed by atoms with E-state index < -0.39 is 5.97 Å². The van der Waals surface area contributed by atoms with Crippen molar-refractivity contribution in [3.05, 3.63) is 59.2 Å². The number of hydrogen-bond donors (Lipinski definition) is 2. The summed E-state index contributed by atoms with van der Waals surface area (Å²) in [5.41, 5.74) is 1.36. The molecule has 2 saturated carbocycles. The molecule has 0 aliphatic heterocycles. The molecule has 0 spiro atoms. The monoisotopic (exact) mass is 486 g/mol. The molecule has 0 aromatic heterocycles. The molecule has 2 fully saturated rings. The fraction of sp³-hybridized carbons (Fsp3) is 0.323. The lowest BCUT2D eigenvalue weighted by atomic mass is 9.70. The van der Waals surface area contributed by atoms with E-state index in [0.29, 0.717) is 44.2 Å². The van der Waals surface area contributed by atoms with Crippen LogP contribution in [0.5, 0.6) is 0 Å². The van der Waals surface area contributed by atoms with Crippen molar-refractivity contribution in [1.29, 1.82) is 21.3 Å². The molecular weight excluding hydrogens is 460 g/mol. The van der Waals surface area contributed by atoms with E-state index in [4.69, 9.17) is 15.6 Å². The Morgan fingerprint density at radius 1 is 0.919 bits per heavy atom. The van der Waals surface area contributed by atoms with Crippen LogP contribution in [0, 0.1) is 50.2 Å². The standard InChI is InChI=1S/C31H26N4O2/c1-30(2)21-10-11-31(30,3)26(13-21)37-29(36)18-8-9-24-25(12-18)28(20(16-34)17-35)23-7-5-4-6-22(23)27(24)19(14-32)15-33/h4-9,12,21,26,32,34H,10-11,13H2,1-3H3/t21?,26?,31-/m0/s1. The van der Waals surface area contributed by atoms with Gasteiger partial charge >= 0.3 is 5.97 Å². The SMILES string of the molecule is CC1(C)C2CC[C@@]1(C)C(OC(=O)c1ccc3c(C(=C=N)C#N)c4ccccc4c(C(=C=N)C#N)c3c1)C2. The molecule has 5 rings (SSSR count). The fourth-order valence-corrected chi connectivity index (χ4v) is 6.64. The molecule has 6 nitrogen and oxygen atoms in total. The van der Waals surface area contributed by atoms with Crippen LogP contribution in [0.25, 0.3) is 32.7 Å². The van der Waals surface area contributed by atoms with Crippen molar-refractivity contribution in [2.75, 3.05) is 0 Å². The van der Waals surface area contributed by atoms with E-state index in [9.17, 15) is 15.3 Å². The van der Waals surface area contributed by atoms with Crippen molar-refractivity contribution < 1.29 is 9.53 Å². The number of allylic oxidation sites excluding steroid dienone is 2. The first kappa shape index (κ1) is 24.2. The largest absolute Gasteiger partial charge is 0.458 e. The predicted octanol–water partition coefficient (Wildman–Crippen LogP) is 6.68. The summed E-state index contributed by atoms with van der Waals surface area (Å²) in [6, 6.07) is 16.3. The Morgan fingerprint density at radius 2 is 1.49 bits per heavy atom. The van der Waals surface area contributed by atoms with Gasteiger partial charge in [0.1, 0.15) is 29.4 Å². The van der Waals surface area contributed by atoms with Crippen LogP contribution >= 0.6 is 0 Å². The number of nitriles is 2. The quantitative estimate of drug-likeness (QED) is 0.185. The van der Waals surface area contributed by atoms with E-state index in [-0.39, 0.29) is 28.1 Å². The minimum atomic E-state index is -0.433. The second kappa shape index (κ2) is 8.58. The smallest absolute Gasteiger partial charge is 0.338 e. The second-order valence-electron chi connectivity index (χ2n) is 10.8. The van der Waals surface area contributed by atoms with E-state index in [0.717, 1.165) is 19.3 Å². The molecule has 2 unspecified atom stereocenters. The first-order valence-electron chi connectivity index (χ1n) is 12.3. The lowest BCUT2D eigenvalue weighted by Crippen LogP contribution is -2.38. The zero-order chi connectivity index (χ0) is 26.5. The van der Waals surface area contributed by atoms with Crippen LogP contribution in [0.1, 0.15) is 61.5 Å². The summed E-state index contributed by atoms with van der Waals surface area (Å²) < 4.78 is 6.12. The molecule has 182 valence electrons. The van der Waals surface area contributed by atoms with Crippen LogP contribution in [0.15, 0.2) is 42.5 Å². The highest BCUT2D eigenvalue weighted by atomic mass is 16.5. The van der Waals surface area contributed by atoms with Crippen molar-refractivity contribution in [3.8, 4) is 12.1 Å². The lowest BCUT2D eigenvalue weighted by Gasteiger charge is -2.38. The number of benzene rings is 3. The molecule has 2 bridgehead atoms. The predicted molar refractivity (Wildman–Crippen MR) is 143 cm³/mol. The molecule has 2 aliphatic rings. The van der Waals surface area contributed by atoms with Gasteiger partial charge in [0.2, 0.25) is 0 Å². The topological polar surface area (TPSA) is 122 Å². The van der Waals surface area contributed by atoms with E-state index in [2.05, 4.69) is 32.5 Å². The van der Waals surface area contributed by atoms with Gasteiger partial charge in [-0.05, 0) is 76.0 Å². The molecule has 2 aliphatic carbocycles. The number of hydrogen-bond acceptors (Lipinski definition) is 6. The average molecular weight is 487 g/mol. The van der Waals surface area contributed by atoms with Gasteiger partial charge < -0.3 is 4.74 Å². The zero-order valence-corrected chi connectivity index (χ0v) is 21.0. The number of carbonyl (C=O) groups excluding carboxylic acids is 1. The van der Waals surface area contributed by atoms with E-state index in [1.807, 2.05) is 18.2 Å². The highest BCUT2D eigenvalue weighted by Crippen LogP contribution is 2.66. The Hall–Kier alpha value is -4.47. The average Bonchev–Trinajstić information content (AvgIpc) is 3.24. The molecule has 3 aromatic carbocycles. The molecule has 37 heavy (non-hydrogen) atoms. The summed E-state index contributed by atoms with van der Waals surface area (Å²) in [6.07, 6.45) is 2.87. The zero-order valence-electron chi connectivity index (χ0n) is 21.0. The van der Waals surface area contributed by atoms with Crippen LogP contribution in [-0.4, -0.2) is 23.8 Å². The highest BCUT2D eigenvalue weighted by molar-refractivity contribution is 6.23. The van der Waals surface area contributed by atoms with Gasteiger partial charge in [0.05, 0.1) is 5.56 Å². The number of fused-ring (bicyclic) bond motifs is 4. The van der Waals surface area contributed by atoms with Gasteiger partial charge in [-0.2, -0.15) is 10.5 Å². The summed E-state index contributed by atoms with van der Waals surface area (Å²) >= 11 is 0. The fourth-order valence-electron chi connectivity index (χ4n) is 6.64. The van der Waals surface area contributed by atoms with E-state index in [1.54, 1.807) is 36.4 Å². The van der Waals surface area contributed by atoms with E-state index >= 15 is 0 Å². The van der Waals surface area contributed by atoms with E-state index in [1.165, 1.54) is 0 Å². The lowest BCUT2D eigenvalue weighted by molar-refractivity contribution is -0.0242. The van der Waals surface area contributed by atoms with Gasteiger partial charge in [-0.3, -0.25) is 10.8 Å². The molecule has 2 N–H and O–H groups in total. The Kier molecular flexibility index (Phi) is 5.62. The molecule has 0 heterocycles. The number of nitrogens with zero attached hydrogens (tertiary/aromatic N) is 2. The first-order chi connectivity index (χ1) is 17.7. The number of nitrogens with one attached hydrogen (secondary N) is 2. The van der Waals surface area contributed by atoms with Crippen molar-refractivity contribution in [1.82, 2.24) is 0 Å². The van der Waals surface area contributed by atoms with Gasteiger partial charge in [0.25, 0.3) is 0 Å². The maximum absolute atomic E-state index is 13.4. The first-order valence-corrected chi connectivity index (χ1v) is 12.3. The third-order valence-electron chi connectivity index (χ3n) is 9.20. The number of ether oxygens (including phenoxy) is 1. The number of rotatable bonds is 4. The Balaban J connectivity index is 1.72. The number of esters is 1. The van der Waals surface area contributed by atoms with Crippen LogP contribution in [0.2, 0.25) is 0 Å². The Morgan fingerprint density at radius 3 is 1.97 bits per heavy atom. The van der Waals surface area contributed by atoms with Crippen molar-refractivity contribution in [3.63, 3.8) is 0 Å². The molecule has 0 radical (unpaired) electrons. The second-order valence-corrected chi connectivity index (χ2v) is 10.8. The van der Waals surface area contributed by atoms with Crippen LogP contribution in [0.3, 0.4) is 0 Å². The van der Waals surface area contributed by atoms with Gasteiger partial charge in [-0.15, -0.1) is 0 Å². The normalized spacial score (nSPS) is 23.1. The maximum atomic E-state index is 13.4. The molecule has 6 heteroatoms.